The Morgan fingerprint density at radius 1 is 1.07 bits per heavy atom. The Bertz CT molecular complexity index is 968. The number of sulfonamides is 1. The molecule has 0 unspecified atom stereocenters. The molecule has 0 bridgehead atoms. The minimum Gasteiger partial charge on any atom is -0.452 e. The highest BCUT2D eigenvalue weighted by Crippen LogP contribution is 2.23. The first-order valence-electron chi connectivity index (χ1n) is 8.18. The third-order valence-electron chi connectivity index (χ3n) is 3.85. The van der Waals surface area contributed by atoms with Crippen molar-refractivity contribution >= 4 is 27.6 Å². The van der Waals surface area contributed by atoms with Crippen molar-refractivity contribution in [2.75, 3.05) is 25.4 Å². The van der Waals surface area contributed by atoms with Crippen LogP contribution in [0.5, 0.6) is 0 Å². The molecule has 2 aromatic carbocycles. The average molecular weight is 390 g/mol. The lowest BCUT2D eigenvalue weighted by Crippen LogP contribution is -2.27. The summed E-state index contributed by atoms with van der Waals surface area (Å²) in [5, 5.41) is 0. The number of benzene rings is 2. The molecule has 7 nitrogen and oxygen atoms in total. The lowest BCUT2D eigenvalue weighted by molar-refractivity contribution is -0.131. The monoisotopic (exact) mass is 390 g/mol. The van der Waals surface area contributed by atoms with Crippen LogP contribution in [0.25, 0.3) is 0 Å². The van der Waals surface area contributed by atoms with E-state index in [1.807, 2.05) is 6.07 Å². The van der Waals surface area contributed by atoms with Crippen LogP contribution in [-0.2, 0) is 19.6 Å². The van der Waals surface area contributed by atoms with Crippen molar-refractivity contribution in [3.63, 3.8) is 0 Å². The van der Waals surface area contributed by atoms with E-state index in [2.05, 4.69) is 4.72 Å². The van der Waals surface area contributed by atoms with E-state index in [0.717, 1.165) is 5.56 Å². The molecule has 0 saturated heterocycles. The molecule has 27 heavy (non-hydrogen) atoms. The van der Waals surface area contributed by atoms with Gasteiger partial charge in [-0.1, -0.05) is 24.3 Å². The van der Waals surface area contributed by atoms with Crippen LogP contribution in [0, 0.1) is 13.8 Å². The molecule has 1 amide bonds. The zero-order valence-electron chi connectivity index (χ0n) is 15.6. The highest BCUT2D eigenvalue weighted by Gasteiger charge is 2.21. The number of carbonyl (C=O) groups excluding carboxylic acids is 2. The van der Waals surface area contributed by atoms with Crippen molar-refractivity contribution in [1.29, 1.82) is 0 Å². The summed E-state index contributed by atoms with van der Waals surface area (Å²) in [6, 6.07) is 11.2. The minimum atomic E-state index is -3.90. The number of ether oxygens (including phenoxy) is 1. The van der Waals surface area contributed by atoms with Crippen molar-refractivity contribution < 1.29 is 22.7 Å². The summed E-state index contributed by atoms with van der Waals surface area (Å²) in [4.78, 5) is 25.3. The molecule has 0 aliphatic heterocycles. The number of anilines is 1. The summed E-state index contributed by atoms with van der Waals surface area (Å²) in [6.07, 6.45) is 0. The van der Waals surface area contributed by atoms with E-state index in [-0.39, 0.29) is 22.1 Å². The van der Waals surface area contributed by atoms with Gasteiger partial charge in [0.2, 0.25) is 0 Å². The molecule has 0 saturated carbocycles. The molecule has 2 rings (SSSR count). The van der Waals surface area contributed by atoms with Crippen molar-refractivity contribution in [1.82, 2.24) is 4.90 Å². The van der Waals surface area contributed by atoms with Crippen LogP contribution in [0.1, 0.15) is 21.5 Å². The second-order valence-electron chi connectivity index (χ2n) is 6.28. The van der Waals surface area contributed by atoms with E-state index >= 15 is 0 Å². The third-order valence-corrected chi connectivity index (χ3v) is 5.36. The molecular weight excluding hydrogens is 368 g/mol. The molecule has 0 aliphatic carbocycles. The Morgan fingerprint density at radius 2 is 1.74 bits per heavy atom. The maximum absolute atomic E-state index is 12.8. The standard InChI is InChI=1S/C19H22N2O5S/c1-13-9-10-14(2)17(11-13)27(24,25)20-16-8-6-5-7-15(16)19(23)26-12-18(22)21(3)4/h5-11,20H,12H2,1-4H3. The Hall–Kier alpha value is -2.87. The number of carbonyl (C=O) groups is 2. The molecule has 144 valence electrons. The number of amides is 1. The molecular formula is C19H22N2O5S. The summed E-state index contributed by atoms with van der Waals surface area (Å²) in [5.74, 6) is -1.17. The summed E-state index contributed by atoms with van der Waals surface area (Å²) >= 11 is 0. The Labute approximate surface area is 159 Å². The fourth-order valence-corrected chi connectivity index (χ4v) is 3.69. The number of hydrogen-bond donors (Lipinski definition) is 1. The van der Waals surface area contributed by atoms with E-state index in [1.54, 1.807) is 52.2 Å². The van der Waals surface area contributed by atoms with Gasteiger partial charge in [-0.05, 0) is 43.2 Å². The molecule has 0 heterocycles. The fourth-order valence-electron chi connectivity index (χ4n) is 2.28. The molecule has 0 atom stereocenters. The largest absolute Gasteiger partial charge is 0.452 e. The lowest BCUT2D eigenvalue weighted by atomic mass is 10.2. The second kappa shape index (κ2) is 8.22. The van der Waals surface area contributed by atoms with E-state index < -0.39 is 22.6 Å². The lowest BCUT2D eigenvalue weighted by Gasteiger charge is -2.14. The molecule has 0 fully saturated rings. The highest BCUT2D eigenvalue weighted by molar-refractivity contribution is 7.92. The zero-order chi connectivity index (χ0) is 20.2. The fraction of sp³-hybridized carbons (Fsp3) is 0.263. The van der Waals surface area contributed by atoms with Gasteiger partial charge in [0.15, 0.2) is 6.61 Å². The van der Waals surface area contributed by atoms with Gasteiger partial charge in [-0.15, -0.1) is 0 Å². The molecule has 8 heteroatoms. The van der Waals surface area contributed by atoms with Gasteiger partial charge in [0.25, 0.3) is 15.9 Å². The Balaban J connectivity index is 2.28. The van der Waals surface area contributed by atoms with Gasteiger partial charge in [-0.3, -0.25) is 9.52 Å². The summed E-state index contributed by atoms with van der Waals surface area (Å²) in [7, 11) is -0.812. The second-order valence-corrected chi connectivity index (χ2v) is 7.94. The van der Waals surface area contributed by atoms with Crippen LogP contribution >= 0.6 is 0 Å². The molecule has 2 aromatic rings. The van der Waals surface area contributed by atoms with Crippen LogP contribution in [0.15, 0.2) is 47.4 Å². The van der Waals surface area contributed by atoms with E-state index in [0.29, 0.717) is 5.56 Å². The van der Waals surface area contributed by atoms with Gasteiger partial charge in [-0.25, -0.2) is 13.2 Å². The van der Waals surface area contributed by atoms with Crippen molar-refractivity contribution in [3.05, 3.63) is 59.2 Å². The number of rotatable bonds is 6. The quantitative estimate of drug-likeness (QED) is 0.765. The highest BCUT2D eigenvalue weighted by atomic mass is 32.2. The number of aryl methyl sites for hydroxylation is 2. The van der Waals surface area contributed by atoms with Crippen LogP contribution < -0.4 is 4.72 Å². The number of para-hydroxylation sites is 1. The summed E-state index contributed by atoms with van der Waals surface area (Å²) in [6.45, 7) is 3.07. The number of hydrogen-bond acceptors (Lipinski definition) is 5. The SMILES string of the molecule is Cc1ccc(C)c(S(=O)(=O)Nc2ccccc2C(=O)OCC(=O)N(C)C)c1. The molecule has 0 aliphatic rings. The third kappa shape index (κ3) is 5.07. The van der Waals surface area contributed by atoms with Crippen LogP contribution in [-0.4, -0.2) is 45.9 Å². The van der Waals surface area contributed by atoms with Crippen molar-refractivity contribution in [2.24, 2.45) is 0 Å². The predicted molar refractivity (Wildman–Crippen MR) is 102 cm³/mol. The molecule has 0 radical (unpaired) electrons. The van der Waals surface area contributed by atoms with Crippen molar-refractivity contribution in [2.45, 2.75) is 18.7 Å². The minimum absolute atomic E-state index is 0.0259. The van der Waals surface area contributed by atoms with E-state index in [1.165, 1.54) is 17.0 Å². The Kier molecular flexibility index (Phi) is 6.22. The maximum Gasteiger partial charge on any atom is 0.340 e. The van der Waals surface area contributed by atoms with Gasteiger partial charge in [-0.2, -0.15) is 0 Å². The number of likely N-dealkylation sites (N-methyl/N-ethyl adjacent to an activating group) is 1. The maximum atomic E-state index is 12.8. The smallest absolute Gasteiger partial charge is 0.340 e. The topological polar surface area (TPSA) is 92.8 Å². The Morgan fingerprint density at radius 3 is 2.41 bits per heavy atom. The zero-order valence-corrected chi connectivity index (χ0v) is 16.5. The van der Waals surface area contributed by atoms with Gasteiger partial charge in [0.05, 0.1) is 16.1 Å². The number of nitrogens with one attached hydrogen (secondary N) is 1. The first-order chi connectivity index (χ1) is 12.6. The normalized spacial score (nSPS) is 11.0. The predicted octanol–water partition coefficient (Wildman–Crippen LogP) is 2.35. The number of nitrogens with zero attached hydrogens (tertiary/aromatic N) is 1. The van der Waals surface area contributed by atoms with E-state index in [4.69, 9.17) is 4.74 Å². The average Bonchev–Trinajstić information content (AvgIpc) is 2.61. The number of esters is 1. The van der Waals surface area contributed by atoms with Crippen LogP contribution in [0.2, 0.25) is 0 Å². The summed E-state index contributed by atoms with van der Waals surface area (Å²) < 4.78 is 33.0. The molecule has 0 aromatic heterocycles. The van der Waals surface area contributed by atoms with Crippen LogP contribution in [0.3, 0.4) is 0 Å². The summed E-state index contributed by atoms with van der Waals surface area (Å²) in [5.41, 5.74) is 1.50. The van der Waals surface area contributed by atoms with Gasteiger partial charge >= 0.3 is 5.97 Å². The van der Waals surface area contributed by atoms with Gasteiger partial charge in [0, 0.05) is 14.1 Å². The van der Waals surface area contributed by atoms with E-state index in [9.17, 15) is 18.0 Å². The molecule has 1 N–H and O–H groups in total. The first-order valence-corrected chi connectivity index (χ1v) is 9.66. The van der Waals surface area contributed by atoms with Crippen LogP contribution in [0.4, 0.5) is 5.69 Å². The molecule has 0 spiro atoms. The van der Waals surface area contributed by atoms with Gasteiger partial charge in [0.1, 0.15) is 0 Å². The first kappa shape index (κ1) is 20.4. The van der Waals surface area contributed by atoms with Crippen molar-refractivity contribution in [3.8, 4) is 0 Å². The van der Waals surface area contributed by atoms with Gasteiger partial charge < -0.3 is 9.64 Å².